The van der Waals surface area contributed by atoms with E-state index in [2.05, 4.69) is 11.8 Å². The van der Waals surface area contributed by atoms with Crippen LogP contribution >= 0.6 is 0 Å². The number of aryl methyl sites for hydroxylation is 1. The van der Waals surface area contributed by atoms with Gasteiger partial charge in [0.15, 0.2) is 0 Å². The number of nitrogens with zero attached hydrogens (tertiary/aromatic N) is 2. The zero-order valence-electron chi connectivity index (χ0n) is 17.8. The van der Waals surface area contributed by atoms with Gasteiger partial charge in [0.1, 0.15) is 11.6 Å². The third-order valence-electron chi connectivity index (χ3n) is 5.29. The van der Waals surface area contributed by atoms with Gasteiger partial charge in [0.2, 0.25) is 0 Å². The van der Waals surface area contributed by atoms with E-state index in [1.54, 1.807) is 44.5 Å². The predicted molar refractivity (Wildman–Crippen MR) is 123 cm³/mol. The Kier molecular flexibility index (Phi) is 5.91. The molecule has 32 heavy (non-hydrogen) atoms. The van der Waals surface area contributed by atoms with E-state index < -0.39 is 11.2 Å². The fraction of sp³-hybridized carbons (Fsp3) is 0.154. The molecule has 0 unspecified atom stereocenters. The van der Waals surface area contributed by atoms with Crippen LogP contribution in [-0.2, 0) is 20.0 Å². The highest BCUT2D eigenvalue weighted by atomic mass is 19.1. The first-order valence-corrected chi connectivity index (χ1v) is 10.1. The van der Waals surface area contributed by atoms with Crippen molar-refractivity contribution in [1.29, 1.82) is 0 Å². The molecule has 4 rings (SSSR count). The van der Waals surface area contributed by atoms with Gasteiger partial charge < -0.3 is 4.74 Å². The van der Waals surface area contributed by atoms with E-state index >= 15 is 0 Å². The zero-order valence-corrected chi connectivity index (χ0v) is 17.8. The van der Waals surface area contributed by atoms with Gasteiger partial charge in [-0.05, 0) is 53.6 Å². The summed E-state index contributed by atoms with van der Waals surface area (Å²) >= 11 is 0. The molecule has 0 radical (unpaired) electrons. The molecule has 0 aliphatic rings. The summed E-state index contributed by atoms with van der Waals surface area (Å²) in [5, 5.41) is 0.408. The highest BCUT2D eigenvalue weighted by molar-refractivity contribution is 5.79. The predicted octanol–water partition coefficient (Wildman–Crippen LogP) is 3.49. The Morgan fingerprint density at radius 2 is 1.62 bits per heavy atom. The molecule has 0 saturated carbocycles. The van der Waals surface area contributed by atoms with Crippen molar-refractivity contribution in [2.24, 2.45) is 7.05 Å². The van der Waals surface area contributed by atoms with Crippen LogP contribution in [0.15, 0.2) is 76.3 Å². The van der Waals surface area contributed by atoms with Crippen molar-refractivity contribution in [3.63, 3.8) is 0 Å². The molecule has 0 atom stereocenters. The average Bonchev–Trinajstić information content (AvgIpc) is 2.82. The molecule has 0 amide bonds. The maximum absolute atomic E-state index is 13.2. The van der Waals surface area contributed by atoms with Gasteiger partial charge in [0.25, 0.3) is 5.56 Å². The lowest BCUT2D eigenvalue weighted by atomic mass is 10.1. The second-order valence-corrected chi connectivity index (χ2v) is 7.42. The van der Waals surface area contributed by atoms with Crippen molar-refractivity contribution in [2.75, 3.05) is 7.11 Å². The summed E-state index contributed by atoms with van der Waals surface area (Å²) in [5.41, 5.74) is 2.13. The number of hydrogen-bond donors (Lipinski definition) is 0. The van der Waals surface area contributed by atoms with Gasteiger partial charge in [-0.2, -0.15) is 0 Å². The normalized spacial score (nSPS) is 10.6. The SMILES string of the molecule is COc1ccc(CC#Cc2ccc3c(c2)c(=O)n(Cc2ccc(F)cc2)c(=O)n3C)cc1. The van der Waals surface area contributed by atoms with Crippen LogP contribution in [0.5, 0.6) is 5.75 Å². The summed E-state index contributed by atoms with van der Waals surface area (Å²) < 4.78 is 20.9. The zero-order chi connectivity index (χ0) is 22.7. The van der Waals surface area contributed by atoms with Gasteiger partial charge in [-0.25, -0.2) is 9.18 Å². The number of methoxy groups -OCH3 is 1. The molecule has 1 heterocycles. The van der Waals surface area contributed by atoms with Gasteiger partial charge >= 0.3 is 5.69 Å². The van der Waals surface area contributed by atoms with Crippen molar-refractivity contribution in [1.82, 2.24) is 9.13 Å². The largest absolute Gasteiger partial charge is 0.497 e. The van der Waals surface area contributed by atoms with E-state index in [0.29, 0.717) is 28.5 Å². The first kappa shape index (κ1) is 21.1. The third kappa shape index (κ3) is 4.33. The molecule has 4 aromatic rings. The van der Waals surface area contributed by atoms with Crippen LogP contribution in [0, 0.1) is 17.7 Å². The standard InChI is InChI=1S/C26H21FN2O3/c1-28-24-15-10-19(5-3-4-18-8-13-22(32-2)14-9-18)16-23(24)25(30)29(26(28)31)17-20-6-11-21(27)12-7-20/h6-16H,4,17H2,1-2H3. The summed E-state index contributed by atoms with van der Waals surface area (Å²) in [4.78, 5) is 25.8. The Morgan fingerprint density at radius 3 is 2.31 bits per heavy atom. The van der Waals surface area contributed by atoms with Crippen LogP contribution in [0.1, 0.15) is 16.7 Å². The fourth-order valence-corrected chi connectivity index (χ4v) is 3.50. The van der Waals surface area contributed by atoms with Crippen molar-refractivity contribution in [2.45, 2.75) is 13.0 Å². The van der Waals surface area contributed by atoms with Crippen LogP contribution in [0.25, 0.3) is 10.9 Å². The van der Waals surface area contributed by atoms with Crippen LogP contribution in [0.2, 0.25) is 0 Å². The smallest absolute Gasteiger partial charge is 0.331 e. The number of fused-ring (bicyclic) bond motifs is 1. The summed E-state index contributed by atoms with van der Waals surface area (Å²) in [6.45, 7) is 0.0646. The van der Waals surface area contributed by atoms with Crippen molar-refractivity contribution < 1.29 is 9.13 Å². The van der Waals surface area contributed by atoms with Crippen molar-refractivity contribution in [3.8, 4) is 17.6 Å². The van der Waals surface area contributed by atoms with Gasteiger partial charge in [-0.15, -0.1) is 0 Å². The molecule has 3 aromatic carbocycles. The van der Waals surface area contributed by atoms with Gasteiger partial charge in [0, 0.05) is 19.0 Å². The number of rotatable bonds is 4. The Bertz CT molecular complexity index is 1450. The van der Waals surface area contributed by atoms with E-state index in [1.165, 1.54) is 16.7 Å². The molecule has 5 nitrogen and oxygen atoms in total. The monoisotopic (exact) mass is 428 g/mol. The fourth-order valence-electron chi connectivity index (χ4n) is 3.50. The Morgan fingerprint density at radius 1 is 0.938 bits per heavy atom. The second kappa shape index (κ2) is 8.94. The minimum absolute atomic E-state index is 0.0646. The van der Waals surface area contributed by atoms with Gasteiger partial charge in [-0.1, -0.05) is 36.1 Å². The molecule has 6 heteroatoms. The highest BCUT2D eigenvalue weighted by Gasteiger charge is 2.12. The second-order valence-electron chi connectivity index (χ2n) is 7.42. The average molecular weight is 428 g/mol. The summed E-state index contributed by atoms with van der Waals surface area (Å²) in [7, 11) is 3.25. The molecule has 160 valence electrons. The topological polar surface area (TPSA) is 53.2 Å². The molecule has 0 fully saturated rings. The molecule has 0 bridgehead atoms. The minimum Gasteiger partial charge on any atom is -0.497 e. The van der Waals surface area contributed by atoms with Crippen LogP contribution < -0.4 is 16.0 Å². The summed E-state index contributed by atoms with van der Waals surface area (Å²) in [6.07, 6.45) is 0.560. The van der Waals surface area contributed by atoms with E-state index in [1.807, 2.05) is 24.3 Å². The molecular formula is C26H21FN2O3. The van der Waals surface area contributed by atoms with E-state index in [0.717, 1.165) is 15.9 Å². The summed E-state index contributed by atoms with van der Waals surface area (Å²) in [5.74, 6) is 6.63. The van der Waals surface area contributed by atoms with E-state index in [4.69, 9.17) is 4.74 Å². The molecule has 0 saturated heterocycles. The lowest BCUT2D eigenvalue weighted by Gasteiger charge is -2.11. The number of ether oxygens (including phenoxy) is 1. The maximum atomic E-state index is 13.2. The lowest BCUT2D eigenvalue weighted by Crippen LogP contribution is -2.39. The summed E-state index contributed by atoms with van der Waals surface area (Å²) in [6, 6.07) is 18.7. The minimum atomic E-state index is -0.426. The van der Waals surface area contributed by atoms with Gasteiger partial charge in [-0.3, -0.25) is 13.9 Å². The number of hydrogen-bond acceptors (Lipinski definition) is 3. The van der Waals surface area contributed by atoms with Crippen molar-refractivity contribution >= 4 is 10.9 Å². The van der Waals surface area contributed by atoms with E-state index in [9.17, 15) is 14.0 Å². The third-order valence-corrected chi connectivity index (χ3v) is 5.29. The molecule has 1 aromatic heterocycles. The van der Waals surface area contributed by atoms with Crippen LogP contribution in [0.4, 0.5) is 4.39 Å². The number of benzene rings is 3. The Hall–Kier alpha value is -4.11. The first-order chi connectivity index (χ1) is 15.5. The first-order valence-electron chi connectivity index (χ1n) is 10.1. The van der Waals surface area contributed by atoms with Crippen LogP contribution in [0.3, 0.4) is 0 Å². The molecular weight excluding hydrogens is 407 g/mol. The Labute approximate surface area is 184 Å². The number of halogens is 1. The van der Waals surface area contributed by atoms with Crippen molar-refractivity contribution in [3.05, 3.63) is 110 Å². The van der Waals surface area contributed by atoms with Crippen LogP contribution in [-0.4, -0.2) is 16.2 Å². The molecule has 0 N–H and O–H groups in total. The molecule has 0 aliphatic heterocycles. The lowest BCUT2D eigenvalue weighted by molar-refractivity contribution is 0.414. The van der Waals surface area contributed by atoms with Gasteiger partial charge in [0.05, 0.1) is 24.6 Å². The highest BCUT2D eigenvalue weighted by Crippen LogP contribution is 2.13. The quantitative estimate of drug-likeness (QED) is 0.468. The van der Waals surface area contributed by atoms with E-state index in [-0.39, 0.29) is 12.4 Å². The molecule has 0 spiro atoms. The maximum Gasteiger partial charge on any atom is 0.331 e. The number of aromatic nitrogens is 2. The molecule has 0 aliphatic carbocycles. The Balaban J connectivity index is 1.67.